The number of hydrogen-bond donors (Lipinski definition) is 0. The van der Waals surface area contributed by atoms with Crippen LogP contribution in [0.1, 0.15) is 5.82 Å². The number of carbonyl (C=O) groups excluding carboxylic acids is 1. The Labute approximate surface area is 209 Å². The van der Waals surface area contributed by atoms with Gasteiger partial charge >= 0.3 is 0 Å². The Morgan fingerprint density at radius 2 is 1.76 bits per heavy atom. The number of amides is 1. The molecule has 2 aliphatic rings. The van der Waals surface area contributed by atoms with Gasteiger partial charge in [0.1, 0.15) is 10.9 Å². The lowest BCUT2D eigenvalue weighted by Gasteiger charge is -2.36. The maximum Gasteiger partial charge on any atom is 0.233 e. The number of halogens is 1. The first-order chi connectivity index (χ1) is 16.7. The Hall–Kier alpha value is -2.39. The molecule has 0 unspecified atom stereocenters. The molecule has 1 aromatic heterocycles. The van der Waals surface area contributed by atoms with Crippen molar-refractivity contribution in [3.05, 3.63) is 59.4 Å². The quantitative estimate of drug-likeness (QED) is 0.381. The average molecular weight is 498 g/mol. The second-order valence-electron chi connectivity index (χ2n) is 8.49. The molecule has 7 nitrogen and oxygen atoms in total. The third-order valence-electron chi connectivity index (χ3n) is 6.22. The van der Waals surface area contributed by atoms with Crippen LogP contribution in [0.15, 0.2) is 53.6 Å². The average Bonchev–Trinajstić information content (AvgIpc) is 2.88. The molecular formula is C25H28ClN5O2S. The molecule has 0 saturated carbocycles. The van der Waals surface area contributed by atoms with Gasteiger partial charge in [-0.3, -0.25) is 9.69 Å². The predicted octanol–water partition coefficient (Wildman–Crippen LogP) is 3.56. The number of carbonyl (C=O) groups is 1. The van der Waals surface area contributed by atoms with Crippen molar-refractivity contribution >= 4 is 45.9 Å². The van der Waals surface area contributed by atoms with Crippen molar-refractivity contribution in [2.75, 3.05) is 63.1 Å². The summed E-state index contributed by atoms with van der Waals surface area (Å²) in [7, 11) is 0. The Morgan fingerprint density at radius 3 is 2.56 bits per heavy atom. The Morgan fingerprint density at radius 1 is 0.971 bits per heavy atom. The lowest BCUT2D eigenvalue weighted by Crippen LogP contribution is -2.49. The van der Waals surface area contributed by atoms with Crippen molar-refractivity contribution in [2.45, 2.75) is 11.6 Å². The van der Waals surface area contributed by atoms with Crippen molar-refractivity contribution in [2.24, 2.45) is 0 Å². The molecule has 34 heavy (non-hydrogen) atoms. The number of anilines is 1. The number of rotatable bonds is 6. The van der Waals surface area contributed by atoms with E-state index in [9.17, 15) is 4.79 Å². The minimum Gasteiger partial charge on any atom is -0.379 e. The number of morpholine rings is 1. The van der Waals surface area contributed by atoms with Crippen molar-refractivity contribution in [3.63, 3.8) is 0 Å². The van der Waals surface area contributed by atoms with E-state index in [4.69, 9.17) is 26.3 Å². The second kappa shape index (κ2) is 10.9. The summed E-state index contributed by atoms with van der Waals surface area (Å²) in [4.78, 5) is 29.2. The van der Waals surface area contributed by atoms with E-state index in [0.29, 0.717) is 25.4 Å². The van der Waals surface area contributed by atoms with Gasteiger partial charge in [-0.15, -0.1) is 0 Å². The summed E-state index contributed by atoms with van der Waals surface area (Å²) >= 11 is 7.65. The van der Waals surface area contributed by atoms with Crippen LogP contribution < -0.4 is 4.90 Å². The molecule has 9 heteroatoms. The highest BCUT2D eigenvalue weighted by atomic mass is 35.5. The molecule has 0 radical (unpaired) electrons. The highest BCUT2D eigenvalue weighted by Crippen LogP contribution is 2.27. The van der Waals surface area contributed by atoms with E-state index in [0.717, 1.165) is 71.9 Å². The Bertz CT molecular complexity index is 1150. The highest BCUT2D eigenvalue weighted by molar-refractivity contribution is 8.00. The SMILES string of the molecule is O=C(CSc1nc(CN2CCOCC2)nc2ccccc12)N1CCN(c2cccc(Cl)c2)CC1. The molecule has 2 aliphatic heterocycles. The van der Waals surface area contributed by atoms with E-state index in [1.807, 2.05) is 47.4 Å². The van der Waals surface area contributed by atoms with Gasteiger partial charge in [0.05, 0.1) is 31.0 Å². The summed E-state index contributed by atoms with van der Waals surface area (Å²) in [5.41, 5.74) is 2.03. The normalized spacial score (nSPS) is 17.3. The van der Waals surface area contributed by atoms with Gasteiger partial charge in [0.15, 0.2) is 0 Å². The first kappa shape index (κ1) is 23.4. The standard InChI is InChI=1S/C25H28ClN5O2S/c26-19-4-3-5-20(16-19)30-8-10-31(11-9-30)24(32)18-34-25-21-6-1-2-7-22(21)27-23(28-25)17-29-12-14-33-15-13-29/h1-7,16H,8-15,17-18H2. The molecule has 0 aliphatic carbocycles. The van der Waals surface area contributed by atoms with Crippen LogP contribution in [-0.2, 0) is 16.1 Å². The van der Waals surface area contributed by atoms with Crippen LogP contribution in [0.3, 0.4) is 0 Å². The largest absolute Gasteiger partial charge is 0.379 e. The minimum absolute atomic E-state index is 0.146. The van der Waals surface area contributed by atoms with E-state index in [2.05, 4.69) is 15.9 Å². The number of para-hydroxylation sites is 1. The van der Waals surface area contributed by atoms with Crippen molar-refractivity contribution in [1.29, 1.82) is 0 Å². The summed E-state index contributed by atoms with van der Waals surface area (Å²) in [6, 6.07) is 15.9. The molecule has 0 spiro atoms. The zero-order chi connectivity index (χ0) is 23.3. The molecule has 0 atom stereocenters. The van der Waals surface area contributed by atoms with Crippen molar-refractivity contribution in [3.8, 4) is 0 Å². The molecule has 3 aromatic rings. The number of aromatic nitrogens is 2. The number of thioether (sulfide) groups is 1. The topological polar surface area (TPSA) is 61.8 Å². The molecule has 1 amide bonds. The third-order valence-corrected chi connectivity index (χ3v) is 7.43. The van der Waals surface area contributed by atoms with E-state index < -0.39 is 0 Å². The first-order valence-electron chi connectivity index (χ1n) is 11.6. The van der Waals surface area contributed by atoms with Crippen molar-refractivity contribution < 1.29 is 9.53 Å². The van der Waals surface area contributed by atoms with Gasteiger partial charge in [0, 0.05) is 55.4 Å². The number of benzene rings is 2. The maximum absolute atomic E-state index is 13.0. The van der Waals surface area contributed by atoms with Gasteiger partial charge < -0.3 is 14.5 Å². The monoisotopic (exact) mass is 497 g/mol. The number of nitrogens with zero attached hydrogens (tertiary/aromatic N) is 5. The van der Waals surface area contributed by atoms with Crippen LogP contribution in [0, 0.1) is 0 Å². The van der Waals surface area contributed by atoms with Gasteiger partial charge in [-0.2, -0.15) is 0 Å². The molecule has 2 fully saturated rings. The molecule has 0 bridgehead atoms. The maximum atomic E-state index is 13.0. The summed E-state index contributed by atoms with van der Waals surface area (Å²) in [5.74, 6) is 1.31. The van der Waals surface area contributed by atoms with Gasteiger partial charge in [-0.05, 0) is 24.3 Å². The Balaban J connectivity index is 1.22. The second-order valence-corrected chi connectivity index (χ2v) is 9.89. The molecule has 2 saturated heterocycles. The minimum atomic E-state index is 0.146. The number of fused-ring (bicyclic) bond motifs is 1. The molecule has 5 rings (SSSR count). The lowest BCUT2D eigenvalue weighted by molar-refractivity contribution is -0.128. The summed E-state index contributed by atoms with van der Waals surface area (Å²) in [6.45, 7) is 6.98. The summed E-state index contributed by atoms with van der Waals surface area (Å²) in [5, 5.41) is 2.61. The van der Waals surface area contributed by atoms with Crippen LogP contribution in [0.2, 0.25) is 5.02 Å². The van der Waals surface area contributed by atoms with Gasteiger partial charge in [-0.25, -0.2) is 9.97 Å². The number of ether oxygens (including phenoxy) is 1. The van der Waals surface area contributed by atoms with E-state index in [1.54, 1.807) is 0 Å². The smallest absolute Gasteiger partial charge is 0.233 e. The molecule has 3 heterocycles. The number of hydrogen-bond acceptors (Lipinski definition) is 7. The van der Waals surface area contributed by atoms with Crippen LogP contribution >= 0.6 is 23.4 Å². The third kappa shape index (κ3) is 5.63. The molecule has 2 aromatic carbocycles. The van der Waals surface area contributed by atoms with Crippen LogP contribution in [0.4, 0.5) is 5.69 Å². The van der Waals surface area contributed by atoms with Gasteiger partial charge in [0.25, 0.3) is 0 Å². The van der Waals surface area contributed by atoms with E-state index in [1.165, 1.54) is 11.8 Å². The van der Waals surface area contributed by atoms with Gasteiger partial charge in [0.2, 0.25) is 5.91 Å². The Kier molecular flexibility index (Phi) is 7.49. The predicted molar refractivity (Wildman–Crippen MR) is 137 cm³/mol. The molecular weight excluding hydrogens is 470 g/mol. The highest BCUT2D eigenvalue weighted by Gasteiger charge is 2.22. The van der Waals surface area contributed by atoms with Crippen LogP contribution in [0.5, 0.6) is 0 Å². The molecule has 178 valence electrons. The lowest BCUT2D eigenvalue weighted by atomic mass is 10.2. The van der Waals surface area contributed by atoms with Crippen LogP contribution in [0.25, 0.3) is 10.9 Å². The fourth-order valence-corrected chi connectivity index (χ4v) is 5.47. The fraction of sp³-hybridized carbons (Fsp3) is 0.400. The first-order valence-corrected chi connectivity index (χ1v) is 13.0. The zero-order valence-corrected chi connectivity index (χ0v) is 20.6. The van der Waals surface area contributed by atoms with E-state index >= 15 is 0 Å². The van der Waals surface area contributed by atoms with Crippen molar-refractivity contribution in [1.82, 2.24) is 19.8 Å². The van der Waals surface area contributed by atoms with Crippen LogP contribution in [-0.4, -0.2) is 83.9 Å². The molecule has 0 N–H and O–H groups in total. The fourth-order valence-electron chi connectivity index (χ4n) is 4.34. The zero-order valence-electron chi connectivity index (χ0n) is 19.0. The van der Waals surface area contributed by atoms with E-state index in [-0.39, 0.29) is 5.91 Å². The number of piperazine rings is 1. The summed E-state index contributed by atoms with van der Waals surface area (Å²) in [6.07, 6.45) is 0. The van der Waals surface area contributed by atoms with Gasteiger partial charge in [-0.1, -0.05) is 47.6 Å². The summed E-state index contributed by atoms with van der Waals surface area (Å²) < 4.78 is 5.45.